The number of hydrogen-bond donors (Lipinski definition) is 1. The zero-order valence-electron chi connectivity index (χ0n) is 18.0. The number of ether oxygens (including phenoxy) is 1. The van der Waals surface area contributed by atoms with Gasteiger partial charge in [0.2, 0.25) is 11.8 Å². The standard InChI is InChI=1S/C22H31ClN4O3/c1-5-16-11-19(20(30-4)12-18(16)23)24-15(3)22(29)26-9-7-25(8-10-26)17-13-27(14-17)21(28)6-2/h6,11-12,15,17,24H,2,5,7-10,13-14H2,1,3-4H3. The summed E-state index contributed by atoms with van der Waals surface area (Å²) < 4.78 is 5.43. The van der Waals surface area contributed by atoms with Crippen molar-refractivity contribution in [1.29, 1.82) is 0 Å². The third-order valence-corrected chi connectivity index (χ3v) is 6.33. The molecule has 1 N–H and O–H groups in total. The van der Waals surface area contributed by atoms with Gasteiger partial charge in [0.1, 0.15) is 11.8 Å². The Kier molecular flexibility index (Phi) is 7.26. The first-order valence-corrected chi connectivity index (χ1v) is 10.8. The molecule has 3 rings (SSSR count). The number of carbonyl (C=O) groups excluding carboxylic acids is 2. The van der Waals surface area contributed by atoms with Crippen LogP contribution in [-0.4, -0.2) is 85.0 Å². The Bertz CT molecular complexity index is 802. The molecule has 1 atom stereocenters. The number of hydrogen-bond acceptors (Lipinski definition) is 5. The van der Waals surface area contributed by atoms with Crippen LogP contribution in [0.4, 0.5) is 5.69 Å². The molecule has 0 aromatic heterocycles. The van der Waals surface area contributed by atoms with Crippen molar-refractivity contribution >= 4 is 29.1 Å². The van der Waals surface area contributed by atoms with Crippen LogP contribution in [0.1, 0.15) is 19.4 Å². The maximum atomic E-state index is 13.0. The predicted octanol–water partition coefficient (Wildman–Crippen LogP) is 2.25. The first-order chi connectivity index (χ1) is 14.4. The number of methoxy groups -OCH3 is 1. The highest BCUT2D eigenvalue weighted by molar-refractivity contribution is 6.31. The van der Waals surface area contributed by atoms with E-state index in [1.54, 1.807) is 18.1 Å². The van der Waals surface area contributed by atoms with E-state index < -0.39 is 0 Å². The second-order valence-corrected chi connectivity index (χ2v) is 8.23. The molecule has 0 bridgehead atoms. The van der Waals surface area contributed by atoms with E-state index in [1.807, 2.05) is 24.8 Å². The highest BCUT2D eigenvalue weighted by atomic mass is 35.5. The average molecular weight is 435 g/mol. The lowest BCUT2D eigenvalue weighted by Crippen LogP contribution is -2.64. The van der Waals surface area contributed by atoms with E-state index in [0.717, 1.165) is 43.9 Å². The molecule has 2 aliphatic rings. The van der Waals surface area contributed by atoms with Crippen molar-refractivity contribution in [3.63, 3.8) is 0 Å². The van der Waals surface area contributed by atoms with Crippen LogP contribution >= 0.6 is 11.6 Å². The van der Waals surface area contributed by atoms with Gasteiger partial charge in [0, 0.05) is 56.4 Å². The first-order valence-electron chi connectivity index (χ1n) is 10.4. The van der Waals surface area contributed by atoms with Crippen LogP contribution in [0, 0.1) is 0 Å². The average Bonchev–Trinajstić information content (AvgIpc) is 2.73. The number of halogens is 1. The van der Waals surface area contributed by atoms with E-state index in [2.05, 4.69) is 16.8 Å². The molecule has 8 heteroatoms. The maximum Gasteiger partial charge on any atom is 0.246 e. The minimum atomic E-state index is -0.374. The summed E-state index contributed by atoms with van der Waals surface area (Å²) in [4.78, 5) is 30.7. The molecule has 2 amide bonds. The van der Waals surface area contributed by atoms with Crippen LogP contribution < -0.4 is 10.1 Å². The van der Waals surface area contributed by atoms with Gasteiger partial charge in [0.05, 0.1) is 12.8 Å². The van der Waals surface area contributed by atoms with Gasteiger partial charge in [-0.3, -0.25) is 14.5 Å². The van der Waals surface area contributed by atoms with Gasteiger partial charge in [-0.1, -0.05) is 25.1 Å². The number of nitrogens with zero attached hydrogens (tertiary/aromatic N) is 3. The summed E-state index contributed by atoms with van der Waals surface area (Å²) in [6.45, 7) is 12.0. The highest BCUT2D eigenvalue weighted by Crippen LogP contribution is 2.32. The number of likely N-dealkylation sites (tertiary alicyclic amines) is 1. The lowest BCUT2D eigenvalue weighted by atomic mass is 10.1. The van der Waals surface area contributed by atoms with E-state index in [1.165, 1.54) is 6.08 Å². The number of aryl methyl sites for hydroxylation is 1. The number of carbonyl (C=O) groups is 2. The first kappa shape index (κ1) is 22.4. The summed E-state index contributed by atoms with van der Waals surface area (Å²) in [5.41, 5.74) is 1.79. The second kappa shape index (κ2) is 9.71. The van der Waals surface area contributed by atoms with Crippen molar-refractivity contribution in [2.24, 2.45) is 0 Å². The largest absolute Gasteiger partial charge is 0.495 e. The molecule has 30 heavy (non-hydrogen) atoms. The summed E-state index contributed by atoms with van der Waals surface area (Å²) in [5.74, 6) is 0.691. The number of rotatable bonds is 7. The van der Waals surface area contributed by atoms with Crippen molar-refractivity contribution in [3.05, 3.63) is 35.4 Å². The maximum absolute atomic E-state index is 13.0. The van der Waals surface area contributed by atoms with Gasteiger partial charge in [-0.25, -0.2) is 0 Å². The Morgan fingerprint density at radius 2 is 1.93 bits per heavy atom. The highest BCUT2D eigenvalue weighted by Gasteiger charge is 2.36. The Balaban J connectivity index is 1.53. The fraction of sp³-hybridized carbons (Fsp3) is 0.545. The summed E-state index contributed by atoms with van der Waals surface area (Å²) >= 11 is 6.28. The van der Waals surface area contributed by atoms with Crippen LogP contribution in [0.25, 0.3) is 0 Å². The van der Waals surface area contributed by atoms with Crippen LogP contribution in [0.5, 0.6) is 5.75 Å². The molecule has 1 unspecified atom stereocenters. The van der Waals surface area contributed by atoms with E-state index in [-0.39, 0.29) is 17.9 Å². The van der Waals surface area contributed by atoms with Gasteiger partial charge < -0.3 is 19.9 Å². The molecule has 2 fully saturated rings. The third-order valence-electron chi connectivity index (χ3n) is 5.98. The zero-order chi connectivity index (χ0) is 21.8. The summed E-state index contributed by atoms with van der Waals surface area (Å²) in [6.07, 6.45) is 2.17. The molecule has 1 aromatic carbocycles. The molecule has 2 aliphatic heterocycles. The third kappa shape index (κ3) is 4.73. The Morgan fingerprint density at radius 1 is 1.27 bits per heavy atom. The van der Waals surface area contributed by atoms with Crippen LogP contribution in [0.3, 0.4) is 0 Å². The van der Waals surface area contributed by atoms with E-state index >= 15 is 0 Å². The van der Waals surface area contributed by atoms with Gasteiger partial charge >= 0.3 is 0 Å². The van der Waals surface area contributed by atoms with Gasteiger partial charge in [-0.2, -0.15) is 0 Å². The molecule has 0 saturated carbocycles. The smallest absolute Gasteiger partial charge is 0.246 e. The number of anilines is 1. The van der Waals surface area contributed by atoms with Gasteiger partial charge in [-0.15, -0.1) is 0 Å². The Morgan fingerprint density at radius 3 is 2.50 bits per heavy atom. The van der Waals surface area contributed by atoms with Crippen molar-refractivity contribution in [2.75, 3.05) is 51.7 Å². The normalized spacial score (nSPS) is 18.5. The molecule has 0 spiro atoms. The SMILES string of the molecule is C=CC(=O)N1CC(N2CCN(C(=O)C(C)Nc3cc(CC)c(Cl)cc3OC)CC2)C1. The second-order valence-electron chi connectivity index (χ2n) is 7.83. The predicted molar refractivity (Wildman–Crippen MR) is 119 cm³/mol. The quantitative estimate of drug-likeness (QED) is 0.667. The lowest BCUT2D eigenvalue weighted by molar-refractivity contribution is -0.136. The number of benzene rings is 1. The number of amides is 2. The molecule has 7 nitrogen and oxygen atoms in total. The number of nitrogens with one attached hydrogen (secondary N) is 1. The summed E-state index contributed by atoms with van der Waals surface area (Å²) in [5, 5.41) is 3.97. The van der Waals surface area contributed by atoms with Gasteiger partial charge in [0.25, 0.3) is 0 Å². The molecule has 2 heterocycles. The summed E-state index contributed by atoms with van der Waals surface area (Å²) in [6, 6.07) is 3.75. The van der Waals surface area contributed by atoms with E-state index in [4.69, 9.17) is 16.3 Å². The van der Waals surface area contributed by atoms with Crippen molar-refractivity contribution in [3.8, 4) is 5.75 Å². The molecule has 0 aliphatic carbocycles. The van der Waals surface area contributed by atoms with Gasteiger partial charge in [0.15, 0.2) is 0 Å². The molecular weight excluding hydrogens is 404 g/mol. The molecular formula is C22H31ClN4O3. The van der Waals surface area contributed by atoms with Crippen LogP contribution in [0.2, 0.25) is 5.02 Å². The fourth-order valence-corrected chi connectivity index (χ4v) is 4.31. The monoisotopic (exact) mass is 434 g/mol. The van der Waals surface area contributed by atoms with Crippen molar-refractivity contribution in [2.45, 2.75) is 32.4 Å². The molecule has 164 valence electrons. The minimum absolute atomic E-state index is 0.0104. The number of piperazine rings is 1. The molecule has 1 aromatic rings. The summed E-state index contributed by atoms with van der Waals surface area (Å²) in [7, 11) is 1.60. The minimum Gasteiger partial charge on any atom is -0.495 e. The Hall–Kier alpha value is -2.25. The van der Waals surface area contributed by atoms with Crippen LogP contribution in [-0.2, 0) is 16.0 Å². The molecule has 2 saturated heterocycles. The zero-order valence-corrected chi connectivity index (χ0v) is 18.7. The van der Waals surface area contributed by atoms with Crippen LogP contribution in [0.15, 0.2) is 24.8 Å². The van der Waals surface area contributed by atoms with Crippen molar-refractivity contribution < 1.29 is 14.3 Å². The van der Waals surface area contributed by atoms with Gasteiger partial charge in [-0.05, 0) is 31.1 Å². The van der Waals surface area contributed by atoms with E-state index in [9.17, 15) is 9.59 Å². The fourth-order valence-electron chi connectivity index (χ4n) is 4.02. The van der Waals surface area contributed by atoms with E-state index in [0.29, 0.717) is 29.9 Å². The Labute approximate surface area is 183 Å². The molecule has 0 radical (unpaired) electrons. The lowest BCUT2D eigenvalue weighted by Gasteiger charge is -2.48. The topological polar surface area (TPSA) is 65.1 Å². The van der Waals surface area contributed by atoms with Crippen molar-refractivity contribution in [1.82, 2.24) is 14.7 Å².